The smallest absolute Gasteiger partial charge is 0.115 e. The third kappa shape index (κ3) is 3.45. The normalized spacial score (nSPS) is 21.6. The van der Waals surface area contributed by atoms with Gasteiger partial charge in [0.2, 0.25) is 0 Å². The molecule has 1 fully saturated rings. The maximum atomic E-state index is 9.47. The molecule has 1 aliphatic rings. The van der Waals surface area contributed by atoms with Crippen LogP contribution < -0.4 is 5.32 Å². The van der Waals surface area contributed by atoms with E-state index < -0.39 is 0 Å². The first kappa shape index (κ1) is 12.4. The fourth-order valence-electron chi connectivity index (χ4n) is 2.45. The van der Waals surface area contributed by atoms with E-state index >= 15 is 0 Å². The van der Waals surface area contributed by atoms with Gasteiger partial charge in [-0.05, 0) is 43.5 Å². The lowest BCUT2D eigenvalue weighted by Gasteiger charge is -2.24. The van der Waals surface area contributed by atoms with Crippen molar-refractivity contribution in [1.29, 1.82) is 0 Å². The van der Waals surface area contributed by atoms with Crippen molar-refractivity contribution in [2.24, 2.45) is 0 Å². The number of phenolic OH excluding ortho intramolecular Hbond substituents is 1. The van der Waals surface area contributed by atoms with Crippen LogP contribution in [0.15, 0.2) is 24.3 Å². The van der Waals surface area contributed by atoms with E-state index in [1.807, 2.05) is 12.1 Å². The molecule has 2 N–H and O–H groups in total. The highest BCUT2D eigenvalue weighted by molar-refractivity contribution is 5.27. The second kappa shape index (κ2) is 6.03. The summed E-state index contributed by atoms with van der Waals surface area (Å²) in [6.07, 6.45) is 3.52. The van der Waals surface area contributed by atoms with Crippen LogP contribution in [0.5, 0.6) is 5.75 Å². The summed E-state index contributed by atoms with van der Waals surface area (Å²) in [6.45, 7) is 3.94. The van der Waals surface area contributed by atoms with Crippen LogP contribution in [-0.4, -0.2) is 30.4 Å². The van der Waals surface area contributed by atoms with Gasteiger partial charge in [-0.3, -0.25) is 0 Å². The summed E-state index contributed by atoms with van der Waals surface area (Å²) in [7, 11) is 0. The van der Waals surface area contributed by atoms with E-state index in [9.17, 15) is 5.11 Å². The van der Waals surface area contributed by atoms with Crippen molar-refractivity contribution >= 4 is 0 Å². The Balaban J connectivity index is 2.01. The van der Waals surface area contributed by atoms with Crippen molar-refractivity contribution in [2.75, 3.05) is 13.2 Å². The van der Waals surface area contributed by atoms with E-state index in [1.54, 1.807) is 6.07 Å². The van der Waals surface area contributed by atoms with Crippen molar-refractivity contribution in [3.63, 3.8) is 0 Å². The molecule has 0 aromatic heterocycles. The molecule has 0 bridgehead atoms. The lowest BCUT2D eigenvalue weighted by atomic mass is 9.99. The number of aromatic hydroxyl groups is 1. The number of hydrogen-bond donors (Lipinski definition) is 2. The van der Waals surface area contributed by atoms with Crippen LogP contribution in [0.25, 0.3) is 0 Å². The molecule has 0 saturated carbocycles. The van der Waals surface area contributed by atoms with E-state index in [1.165, 1.54) is 0 Å². The third-order valence-electron chi connectivity index (χ3n) is 3.25. The van der Waals surface area contributed by atoms with Crippen LogP contribution in [0.4, 0.5) is 0 Å². The Morgan fingerprint density at radius 2 is 2.41 bits per heavy atom. The van der Waals surface area contributed by atoms with Gasteiger partial charge in [-0.15, -0.1) is 0 Å². The average Bonchev–Trinajstić information content (AvgIpc) is 2.82. The van der Waals surface area contributed by atoms with Crippen molar-refractivity contribution in [3.05, 3.63) is 29.8 Å². The van der Waals surface area contributed by atoms with Gasteiger partial charge in [0.25, 0.3) is 0 Å². The second-order valence-corrected chi connectivity index (χ2v) is 4.59. The molecule has 0 aliphatic carbocycles. The number of likely N-dealkylation sites (N-methyl/N-ethyl adjacent to an activating group) is 1. The zero-order chi connectivity index (χ0) is 12.1. The van der Waals surface area contributed by atoms with Crippen molar-refractivity contribution in [1.82, 2.24) is 5.32 Å². The Kier molecular flexibility index (Phi) is 4.40. The van der Waals surface area contributed by atoms with E-state index in [-0.39, 0.29) is 0 Å². The molecule has 0 amide bonds. The van der Waals surface area contributed by atoms with Gasteiger partial charge in [0, 0.05) is 12.6 Å². The summed E-state index contributed by atoms with van der Waals surface area (Å²) in [4.78, 5) is 0. The van der Waals surface area contributed by atoms with E-state index in [2.05, 4.69) is 18.3 Å². The molecule has 1 saturated heterocycles. The Bertz CT molecular complexity index is 348. The minimum Gasteiger partial charge on any atom is -0.508 e. The van der Waals surface area contributed by atoms with Crippen LogP contribution in [0.1, 0.15) is 25.3 Å². The molecule has 1 aromatic rings. The molecule has 1 aromatic carbocycles. The topological polar surface area (TPSA) is 41.5 Å². The molecule has 94 valence electrons. The van der Waals surface area contributed by atoms with E-state index in [0.29, 0.717) is 17.9 Å². The molecule has 2 rings (SSSR count). The van der Waals surface area contributed by atoms with Gasteiger partial charge in [0.1, 0.15) is 5.75 Å². The summed E-state index contributed by atoms with van der Waals surface area (Å²) >= 11 is 0. The number of rotatable bonds is 5. The summed E-state index contributed by atoms with van der Waals surface area (Å²) in [5, 5.41) is 13.0. The SMILES string of the molecule is CCNC(Cc1cccc(O)c1)C1CCCO1. The number of phenols is 1. The Labute approximate surface area is 103 Å². The maximum Gasteiger partial charge on any atom is 0.115 e. The lowest BCUT2D eigenvalue weighted by molar-refractivity contribution is 0.0789. The molecule has 2 atom stereocenters. The first-order valence-electron chi connectivity index (χ1n) is 6.42. The van der Waals surface area contributed by atoms with E-state index in [4.69, 9.17) is 4.74 Å². The van der Waals surface area contributed by atoms with Crippen molar-refractivity contribution in [3.8, 4) is 5.75 Å². The zero-order valence-electron chi connectivity index (χ0n) is 10.4. The molecule has 3 nitrogen and oxygen atoms in total. The Morgan fingerprint density at radius 1 is 1.53 bits per heavy atom. The highest BCUT2D eigenvalue weighted by Gasteiger charge is 2.25. The second-order valence-electron chi connectivity index (χ2n) is 4.59. The van der Waals surface area contributed by atoms with Gasteiger partial charge >= 0.3 is 0 Å². The molecule has 17 heavy (non-hydrogen) atoms. The summed E-state index contributed by atoms with van der Waals surface area (Å²) < 4.78 is 5.75. The molecular weight excluding hydrogens is 214 g/mol. The largest absolute Gasteiger partial charge is 0.508 e. The van der Waals surface area contributed by atoms with Crippen molar-refractivity contribution in [2.45, 2.75) is 38.3 Å². The van der Waals surface area contributed by atoms with E-state index in [0.717, 1.165) is 38.0 Å². The average molecular weight is 235 g/mol. The number of ether oxygens (including phenoxy) is 1. The van der Waals surface area contributed by atoms with Crippen LogP contribution in [0.2, 0.25) is 0 Å². The van der Waals surface area contributed by atoms with Gasteiger partial charge in [0.05, 0.1) is 6.10 Å². The minimum atomic E-state index is 0.317. The first-order chi connectivity index (χ1) is 8.29. The fraction of sp³-hybridized carbons (Fsp3) is 0.571. The maximum absolute atomic E-state index is 9.47. The van der Waals surface area contributed by atoms with Gasteiger partial charge in [-0.25, -0.2) is 0 Å². The standard InChI is InChI=1S/C14H21NO2/c1-2-15-13(14-7-4-8-17-14)10-11-5-3-6-12(16)9-11/h3,5-6,9,13-16H,2,4,7-8,10H2,1H3. The van der Waals surface area contributed by atoms with Crippen LogP contribution in [0, 0.1) is 0 Å². The Morgan fingerprint density at radius 3 is 3.06 bits per heavy atom. The van der Waals surface area contributed by atoms with Crippen LogP contribution in [-0.2, 0) is 11.2 Å². The van der Waals surface area contributed by atoms with Gasteiger partial charge < -0.3 is 15.2 Å². The molecule has 3 heteroatoms. The molecule has 1 heterocycles. The monoisotopic (exact) mass is 235 g/mol. The third-order valence-corrected chi connectivity index (χ3v) is 3.25. The number of nitrogens with one attached hydrogen (secondary N) is 1. The predicted octanol–water partition coefficient (Wildman–Crippen LogP) is 2.09. The first-order valence-corrected chi connectivity index (χ1v) is 6.42. The van der Waals surface area contributed by atoms with Crippen molar-refractivity contribution < 1.29 is 9.84 Å². The minimum absolute atomic E-state index is 0.317. The molecular formula is C14H21NO2. The van der Waals surface area contributed by atoms with Crippen LogP contribution in [0.3, 0.4) is 0 Å². The summed E-state index contributed by atoms with van der Waals surface area (Å²) in [6, 6.07) is 7.84. The van der Waals surface area contributed by atoms with Gasteiger partial charge in [0.15, 0.2) is 0 Å². The number of benzene rings is 1. The fourth-order valence-corrected chi connectivity index (χ4v) is 2.45. The predicted molar refractivity (Wildman–Crippen MR) is 68.2 cm³/mol. The molecule has 0 radical (unpaired) electrons. The highest BCUT2D eigenvalue weighted by Crippen LogP contribution is 2.20. The molecule has 0 spiro atoms. The summed E-state index contributed by atoms with van der Waals surface area (Å²) in [5.41, 5.74) is 1.16. The zero-order valence-corrected chi connectivity index (χ0v) is 10.4. The van der Waals surface area contributed by atoms with Crippen LogP contribution >= 0.6 is 0 Å². The highest BCUT2D eigenvalue weighted by atomic mass is 16.5. The Hall–Kier alpha value is -1.06. The molecule has 1 aliphatic heterocycles. The summed E-state index contributed by atoms with van der Waals surface area (Å²) in [5.74, 6) is 0.338. The lowest BCUT2D eigenvalue weighted by Crippen LogP contribution is -2.41. The molecule has 2 unspecified atom stereocenters. The van der Waals surface area contributed by atoms with Gasteiger partial charge in [-0.2, -0.15) is 0 Å². The number of hydrogen-bond acceptors (Lipinski definition) is 3. The van der Waals surface area contributed by atoms with Gasteiger partial charge in [-0.1, -0.05) is 19.1 Å². The quantitative estimate of drug-likeness (QED) is 0.821.